The number of rotatable bonds is 3. The Morgan fingerprint density at radius 1 is 1.17 bits per heavy atom. The molecule has 6 bridgehead atoms. The predicted octanol–water partition coefficient (Wildman–Crippen LogP) is 4.53. The number of hydrogen-bond donors (Lipinski definition) is 1. The maximum atomic E-state index is 16.9. The molecule has 242 valence electrons. The molecule has 16 heteroatoms. The zero-order valence-corrected chi connectivity index (χ0v) is 25.3. The molecule has 12 nitrogen and oxygen atoms in total. The van der Waals surface area contributed by atoms with Gasteiger partial charge in [0.1, 0.15) is 29.7 Å². The number of aromatic nitrogens is 5. The molecular formula is C30H29ClF3N7O5. The number of aromatic amines is 1. The summed E-state index contributed by atoms with van der Waals surface area (Å²) in [5, 5.41) is 8.25. The standard InChI is InChI=1S/C30H29ClF3N7O5/c31-20-8-21-18(10-36-39-21)22-17(20)2-1-6-44-28(42)46-16-11-40(5-7-43-12-16)26-19-9-35-25(22)23(32)24(19)37-27(38-26)45-15-29-3-4-41(29)14-30(33,34)13-29/h8-10,16H,1-7,11-15H2,(H,36,39)/t16-,29?/m0/s1. The topological polar surface area (TPSA) is 128 Å². The van der Waals surface area contributed by atoms with Gasteiger partial charge in [-0.2, -0.15) is 15.1 Å². The number of anilines is 1. The number of ether oxygens (including phenoxy) is 4. The molecule has 0 aliphatic carbocycles. The van der Waals surface area contributed by atoms with Gasteiger partial charge in [0, 0.05) is 41.7 Å². The van der Waals surface area contributed by atoms with Gasteiger partial charge < -0.3 is 23.8 Å². The van der Waals surface area contributed by atoms with Crippen LogP contribution in [0.25, 0.3) is 33.1 Å². The molecule has 46 heavy (non-hydrogen) atoms. The molecule has 4 aromatic rings. The molecule has 3 aromatic heterocycles. The highest BCUT2D eigenvalue weighted by atomic mass is 35.5. The molecule has 3 saturated heterocycles. The maximum absolute atomic E-state index is 16.9. The van der Waals surface area contributed by atoms with E-state index in [0.29, 0.717) is 59.4 Å². The van der Waals surface area contributed by atoms with Crippen LogP contribution in [0.2, 0.25) is 5.02 Å². The summed E-state index contributed by atoms with van der Waals surface area (Å²) in [5.41, 5.74) is 0.689. The molecule has 1 N–H and O–H groups in total. The summed E-state index contributed by atoms with van der Waals surface area (Å²) < 4.78 is 68.2. The normalized spacial score (nSPS) is 24.7. The monoisotopic (exact) mass is 659 g/mol. The number of nitrogens with one attached hydrogen (secondary N) is 1. The van der Waals surface area contributed by atoms with E-state index >= 15 is 4.39 Å². The van der Waals surface area contributed by atoms with Gasteiger partial charge in [0.25, 0.3) is 5.92 Å². The van der Waals surface area contributed by atoms with Gasteiger partial charge in [0.05, 0.1) is 55.5 Å². The molecular weight excluding hydrogens is 631 g/mol. The molecule has 0 spiro atoms. The minimum absolute atomic E-state index is 0.00399. The van der Waals surface area contributed by atoms with Crippen LogP contribution < -0.4 is 9.64 Å². The van der Waals surface area contributed by atoms with Crippen molar-refractivity contribution in [1.82, 2.24) is 30.0 Å². The van der Waals surface area contributed by atoms with Crippen molar-refractivity contribution in [3.05, 3.63) is 34.9 Å². The minimum Gasteiger partial charge on any atom is -0.461 e. The number of fused-ring (bicyclic) bond motifs is 8. The second kappa shape index (κ2) is 11.1. The first-order chi connectivity index (χ1) is 22.2. The van der Waals surface area contributed by atoms with Crippen molar-refractivity contribution in [2.24, 2.45) is 0 Å². The zero-order chi connectivity index (χ0) is 31.6. The van der Waals surface area contributed by atoms with E-state index in [0.717, 1.165) is 0 Å². The largest absolute Gasteiger partial charge is 0.508 e. The summed E-state index contributed by atoms with van der Waals surface area (Å²) in [6, 6.07) is 1.53. The van der Waals surface area contributed by atoms with Crippen LogP contribution in [0.4, 0.5) is 23.8 Å². The Morgan fingerprint density at radius 3 is 2.89 bits per heavy atom. The van der Waals surface area contributed by atoms with Crippen LogP contribution in [0, 0.1) is 5.82 Å². The highest BCUT2D eigenvalue weighted by Gasteiger charge is 2.60. The van der Waals surface area contributed by atoms with Gasteiger partial charge in [-0.1, -0.05) is 11.6 Å². The van der Waals surface area contributed by atoms with Crippen molar-refractivity contribution in [1.29, 1.82) is 0 Å². The third-order valence-corrected chi connectivity index (χ3v) is 9.60. The van der Waals surface area contributed by atoms with Crippen molar-refractivity contribution in [2.75, 3.05) is 57.5 Å². The Bertz CT molecular complexity index is 1860. The first kappa shape index (κ1) is 29.5. The Balaban J connectivity index is 1.29. The van der Waals surface area contributed by atoms with Gasteiger partial charge in [-0.25, -0.2) is 18.0 Å². The predicted molar refractivity (Wildman–Crippen MR) is 159 cm³/mol. The molecule has 9 rings (SSSR count). The van der Waals surface area contributed by atoms with Crippen LogP contribution in [0.3, 0.4) is 0 Å². The molecule has 2 atom stereocenters. The summed E-state index contributed by atoms with van der Waals surface area (Å²) in [6.45, 7) is 1.04. The van der Waals surface area contributed by atoms with Crippen molar-refractivity contribution in [3.63, 3.8) is 0 Å². The molecule has 1 unspecified atom stereocenters. The highest BCUT2D eigenvalue weighted by Crippen LogP contribution is 2.48. The lowest BCUT2D eigenvalue weighted by molar-refractivity contribution is -0.0132. The van der Waals surface area contributed by atoms with E-state index < -0.39 is 29.5 Å². The summed E-state index contributed by atoms with van der Waals surface area (Å²) >= 11 is 6.72. The second-order valence-electron chi connectivity index (χ2n) is 12.2. The number of alkyl halides is 2. The average Bonchev–Trinajstić information content (AvgIpc) is 3.44. The fourth-order valence-corrected chi connectivity index (χ4v) is 7.30. The van der Waals surface area contributed by atoms with Crippen molar-refractivity contribution >= 4 is 45.4 Å². The van der Waals surface area contributed by atoms with E-state index in [1.807, 2.05) is 0 Å². The van der Waals surface area contributed by atoms with Crippen LogP contribution in [0.15, 0.2) is 18.5 Å². The molecule has 0 radical (unpaired) electrons. The van der Waals surface area contributed by atoms with Gasteiger partial charge >= 0.3 is 12.2 Å². The Kier molecular flexibility index (Phi) is 7.10. The number of nitrogens with zero attached hydrogens (tertiary/aromatic N) is 6. The number of carbonyl (C=O) groups is 1. The van der Waals surface area contributed by atoms with Crippen LogP contribution in [0.5, 0.6) is 6.01 Å². The Hall–Kier alpha value is -3.95. The summed E-state index contributed by atoms with van der Waals surface area (Å²) in [6.07, 6.45) is 2.41. The van der Waals surface area contributed by atoms with Crippen molar-refractivity contribution in [3.8, 4) is 17.3 Å². The molecule has 0 saturated carbocycles. The van der Waals surface area contributed by atoms with Crippen molar-refractivity contribution < 1.29 is 36.9 Å². The van der Waals surface area contributed by atoms with Gasteiger partial charge in [0.15, 0.2) is 5.82 Å². The quantitative estimate of drug-likeness (QED) is 0.312. The molecule has 1 aromatic carbocycles. The lowest BCUT2D eigenvalue weighted by Gasteiger charge is -2.46. The number of pyridine rings is 1. The zero-order valence-electron chi connectivity index (χ0n) is 24.5. The lowest BCUT2D eigenvalue weighted by atomic mass is 9.85. The van der Waals surface area contributed by atoms with Crippen LogP contribution in [0.1, 0.15) is 24.8 Å². The molecule has 5 aliphatic heterocycles. The molecule has 0 amide bonds. The minimum atomic E-state index is -2.82. The van der Waals surface area contributed by atoms with Crippen LogP contribution >= 0.6 is 11.6 Å². The van der Waals surface area contributed by atoms with E-state index in [2.05, 4.69) is 25.1 Å². The van der Waals surface area contributed by atoms with Gasteiger partial charge in [-0.15, -0.1) is 0 Å². The van der Waals surface area contributed by atoms with Crippen LogP contribution in [-0.4, -0.2) is 106 Å². The van der Waals surface area contributed by atoms with E-state index in [9.17, 15) is 13.6 Å². The highest BCUT2D eigenvalue weighted by molar-refractivity contribution is 6.33. The molecule has 3 fully saturated rings. The number of carbonyl (C=O) groups excluding carboxylic acids is 1. The van der Waals surface area contributed by atoms with E-state index in [4.69, 9.17) is 30.5 Å². The van der Waals surface area contributed by atoms with E-state index in [1.165, 1.54) is 6.20 Å². The third-order valence-electron chi connectivity index (χ3n) is 9.26. The number of benzene rings is 1. The molecule has 5 aliphatic rings. The van der Waals surface area contributed by atoms with E-state index in [1.54, 1.807) is 22.1 Å². The fraction of sp³-hybridized carbons (Fsp3) is 0.500. The maximum Gasteiger partial charge on any atom is 0.508 e. The fourth-order valence-electron chi connectivity index (χ4n) is 7.00. The first-order valence-electron chi connectivity index (χ1n) is 15.1. The Morgan fingerprint density at radius 2 is 2.07 bits per heavy atom. The lowest BCUT2D eigenvalue weighted by Crippen LogP contribution is -2.59. The van der Waals surface area contributed by atoms with E-state index in [-0.39, 0.29) is 74.4 Å². The Labute approximate surface area is 265 Å². The summed E-state index contributed by atoms with van der Waals surface area (Å²) in [4.78, 5) is 29.8. The first-order valence-corrected chi connectivity index (χ1v) is 15.5. The third kappa shape index (κ3) is 5.04. The van der Waals surface area contributed by atoms with Gasteiger partial charge in [-0.05, 0) is 30.9 Å². The smallest absolute Gasteiger partial charge is 0.461 e. The molecule has 8 heterocycles. The van der Waals surface area contributed by atoms with Crippen molar-refractivity contribution in [2.45, 2.75) is 43.2 Å². The number of hydrogen-bond acceptors (Lipinski definition) is 11. The number of halogens is 4. The summed E-state index contributed by atoms with van der Waals surface area (Å²) in [5.74, 6) is -3.28. The second-order valence-corrected chi connectivity index (χ2v) is 12.6. The average molecular weight is 660 g/mol. The number of H-pyrrole nitrogens is 1. The van der Waals surface area contributed by atoms with Gasteiger partial charge in [0.2, 0.25) is 0 Å². The van der Waals surface area contributed by atoms with Crippen LogP contribution in [-0.2, 0) is 20.6 Å². The summed E-state index contributed by atoms with van der Waals surface area (Å²) in [7, 11) is 0. The SMILES string of the molecule is O=C1OCCCc2c(Cl)cc3[nH]ncc3c2-c2ncc3c(nc(OCC45CCN4CC(F)(F)C5)nc3c2F)N2CCOC[C@H](C2)O1. The van der Waals surface area contributed by atoms with Gasteiger partial charge in [-0.3, -0.25) is 15.0 Å².